The standard InChI is InChI=1S/C14H21N3O3/c1-9-5-6-12(16-11(9)3)7-15-14(20)17(4)8-10(2)13(18)19/h5-6,10H,7-8H2,1-4H3,(H,15,20)(H,18,19). The van der Waals surface area contributed by atoms with Crippen molar-refractivity contribution in [3.05, 3.63) is 29.1 Å². The Kier molecular flexibility index (Phi) is 5.49. The van der Waals surface area contributed by atoms with E-state index in [4.69, 9.17) is 5.11 Å². The zero-order valence-corrected chi connectivity index (χ0v) is 12.3. The fraction of sp³-hybridized carbons (Fsp3) is 0.500. The van der Waals surface area contributed by atoms with Gasteiger partial charge in [-0.1, -0.05) is 13.0 Å². The molecule has 0 aliphatic heterocycles. The van der Waals surface area contributed by atoms with Crippen LogP contribution in [0.1, 0.15) is 23.9 Å². The maximum atomic E-state index is 11.8. The van der Waals surface area contributed by atoms with E-state index in [1.165, 1.54) is 4.90 Å². The number of hydrogen-bond donors (Lipinski definition) is 2. The molecule has 0 spiro atoms. The van der Waals surface area contributed by atoms with Gasteiger partial charge in [0, 0.05) is 19.3 Å². The predicted molar refractivity (Wildman–Crippen MR) is 75.4 cm³/mol. The topological polar surface area (TPSA) is 82.5 Å². The number of nitrogens with zero attached hydrogens (tertiary/aromatic N) is 2. The quantitative estimate of drug-likeness (QED) is 0.857. The number of rotatable bonds is 5. The van der Waals surface area contributed by atoms with Crippen molar-refractivity contribution in [3.63, 3.8) is 0 Å². The summed E-state index contributed by atoms with van der Waals surface area (Å²) in [5, 5.41) is 11.5. The van der Waals surface area contributed by atoms with E-state index in [2.05, 4.69) is 10.3 Å². The number of urea groups is 1. The maximum Gasteiger partial charge on any atom is 0.317 e. The Labute approximate surface area is 118 Å². The lowest BCUT2D eigenvalue weighted by atomic mass is 10.2. The predicted octanol–water partition coefficient (Wildman–Crippen LogP) is 1.56. The highest BCUT2D eigenvalue weighted by atomic mass is 16.4. The molecule has 6 heteroatoms. The first-order chi connectivity index (χ1) is 9.31. The van der Waals surface area contributed by atoms with Crippen LogP contribution in [0.2, 0.25) is 0 Å². The smallest absolute Gasteiger partial charge is 0.317 e. The summed E-state index contributed by atoms with van der Waals surface area (Å²) in [6.45, 7) is 5.96. The van der Waals surface area contributed by atoms with Crippen molar-refractivity contribution < 1.29 is 14.7 Å². The summed E-state index contributed by atoms with van der Waals surface area (Å²) >= 11 is 0. The van der Waals surface area contributed by atoms with Crippen LogP contribution in [-0.4, -0.2) is 40.6 Å². The van der Waals surface area contributed by atoms with Gasteiger partial charge in [-0.05, 0) is 25.5 Å². The number of carboxylic acid groups (broad SMARTS) is 1. The molecule has 6 nitrogen and oxygen atoms in total. The van der Waals surface area contributed by atoms with Gasteiger partial charge in [0.1, 0.15) is 0 Å². The number of amides is 2. The highest BCUT2D eigenvalue weighted by molar-refractivity contribution is 5.75. The third-order valence-corrected chi connectivity index (χ3v) is 3.14. The summed E-state index contributed by atoms with van der Waals surface area (Å²) in [5.74, 6) is -1.51. The molecule has 0 aliphatic rings. The number of aromatic nitrogens is 1. The van der Waals surface area contributed by atoms with Crippen LogP contribution in [0, 0.1) is 19.8 Å². The number of hydrogen-bond acceptors (Lipinski definition) is 3. The Morgan fingerprint density at radius 2 is 2.05 bits per heavy atom. The normalized spacial score (nSPS) is 11.8. The van der Waals surface area contributed by atoms with Crippen molar-refractivity contribution >= 4 is 12.0 Å². The second kappa shape index (κ2) is 6.88. The molecule has 0 bridgehead atoms. The molecule has 0 aromatic carbocycles. The second-order valence-corrected chi connectivity index (χ2v) is 4.98. The van der Waals surface area contributed by atoms with Crippen molar-refractivity contribution in [2.24, 2.45) is 5.92 Å². The van der Waals surface area contributed by atoms with E-state index >= 15 is 0 Å². The van der Waals surface area contributed by atoms with Crippen LogP contribution >= 0.6 is 0 Å². The molecule has 2 amide bonds. The summed E-state index contributed by atoms with van der Waals surface area (Å²) in [5.41, 5.74) is 2.82. The van der Waals surface area contributed by atoms with Gasteiger partial charge in [-0.15, -0.1) is 0 Å². The second-order valence-electron chi connectivity index (χ2n) is 4.98. The number of aliphatic carboxylic acids is 1. The Morgan fingerprint density at radius 3 is 2.60 bits per heavy atom. The van der Waals surface area contributed by atoms with Gasteiger partial charge in [0.15, 0.2) is 0 Å². The molecule has 1 rings (SSSR count). The maximum absolute atomic E-state index is 11.8. The summed E-state index contributed by atoms with van der Waals surface area (Å²) in [7, 11) is 1.57. The molecule has 0 radical (unpaired) electrons. The van der Waals surface area contributed by atoms with Gasteiger partial charge in [-0.25, -0.2) is 4.79 Å². The van der Waals surface area contributed by atoms with Gasteiger partial charge in [0.05, 0.1) is 18.2 Å². The van der Waals surface area contributed by atoms with Gasteiger partial charge >= 0.3 is 12.0 Å². The highest BCUT2D eigenvalue weighted by Crippen LogP contribution is 2.05. The van der Waals surface area contributed by atoms with Crippen LogP contribution in [0.5, 0.6) is 0 Å². The van der Waals surface area contributed by atoms with Crippen LogP contribution in [0.3, 0.4) is 0 Å². The molecule has 20 heavy (non-hydrogen) atoms. The van der Waals surface area contributed by atoms with E-state index in [1.807, 2.05) is 26.0 Å². The monoisotopic (exact) mass is 279 g/mol. The van der Waals surface area contributed by atoms with Gasteiger partial charge in [0.2, 0.25) is 0 Å². The molecule has 1 unspecified atom stereocenters. The van der Waals surface area contributed by atoms with Gasteiger partial charge < -0.3 is 15.3 Å². The lowest BCUT2D eigenvalue weighted by Gasteiger charge is -2.20. The van der Waals surface area contributed by atoms with E-state index in [0.717, 1.165) is 17.0 Å². The van der Waals surface area contributed by atoms with E-state index in [-0.39, 0.29) is 12.6 Å². The van der Waals surface area contributed by atoms with Crippen LogP contribution in [-0.2, 0) is 11.3 Å². The lowest BCUT2D eigenvalue weighted by molar-refractivity contribution is -0.141. The molecular weight excluding hydrogens is 258 g/mol. The SMILES string of the molecule is Cc1ccc(CNC(=O)N(C)CC(C)C(=O)O)nc1C. The summed E-state index contributed by atoms with van der Waals surface area (Å²) in [4.78, 5) is 28.3. The van der Waals surface area contributed by atoms with E-state index in [0.29, 0.717) is 6.54 Å². The van der Waals surface area contributed by atoms with Crippen LogP contribution in [0.4, 0.5) is 4.79 Å². The number of aryl methyl sites for hydroxylation is 2. The number of carbonyl (C=O) groups excluding carboxylic acids is 1. The minimum Gasteiger partial charge on any atom is -0.481 e. The molecule has 1 heterocycles. The van der Waals surface area contributed by atoms with E-state index < -0.39 is 11.9 Å². The average Bonchev–Trinajstić information content (AvgIpc) is 2.39. The summed E-state index contributed by atoms with van der Waals surface area (Å²) in [6.07, 6.45) is 0. The van der Waals surface area contributed by atoms with Crippen molar-refractivity contribution in [1.82, 2.24) is 15.2 Å². The van der Waals surface area contributed by atoms with E-state index in [1.54, 1.807) is 14.0 Å². The molecule has 0 saturated heterocycles. The van der Waals surface area contributed by atoms with Gasteiger partial charge in [0.25, 0.3) is 0 Å². The molecule has 110 valence electrons. The highest BCUT2D eigenvalue weighted by Gasteiger charge is 2.17. The van der Waals surface area contributed by atoms with Crippen molar-refractivity contribution in [1.29, 1.82) is 0 Å². The molecule has 0 aliphatic carbocycles. The first-order valence-corrected chi connectivity index (χ1v) is 6.46. The third kappa shape index (κ3) is 4.53. The Hall–Kier alpha value is -2.11. The molecule has 2 N–H and O–H groups in total. The van der Waals surface area contributed by atoms with Crippen molar-refractivity contribution in [2.45, 2.75) is 27.3 Å². The number of carbonyl (C=O) groups is 2. The first kappa shape index (κ1) is 15.9. The summed E-state index contributed by atoms with van der Waals surface area (Å²) < 4.78 is 0. The Bertz CT molecular complexity index is 502. The van der Waals surface area contributed by atoms with Gasteiger partial charge in [-0.2, -0.15) is 0 Å². The fourth-order valence-electron chi connectivity index (χ4n) is 1.65. The summed E-state index contributed by atoms with van der Waals surface area (Å²) in [6, 6.07) is 3.51. The Morgan fingerprint density at radius 1 is 1.40 bits per heavy atom. The minimum absolute atomic E-state index is 0.168. The number of pyridine rings is 1. The van der Waals surface area contributed by atoms with Crippen LogP contribution in [0.15, 0.2) is 12.1 Å². The van der Waals surface area contributed by atoms with E-state index in [9.17, 15) is 9.59 Å². The molecule has 0 saturated carbocycles. The van der Waals surface area contributed by atoms with Gasteiger partial charge in [-0.3, -0.25) is 9.78 Å². The molecule has 1 atom stereocenters. The largest absolute Gasteiger partial charge is 0.481 e. The molecule has 0 fully saturated rings. The molecular formula is C14H21N3O3. The van der Waals surface area contributed by atoms with Crippen molar-refractivity contribution in [2.75, 3.05) is 13.6 Å². The van der Waals surface area contributed by atoms with Crippen LogP contribution in [0.25, 0.3) is 0 Å². The first-order valence-electron chi connectivity index (χ1n) is 6.46. The zero-order chi connectivity index (χ0) is 15.3. The Balaban J connectivity index is 2.50. The number of carboxylic acids is 1. The van der Waals surface area contributed by atoms with Crippen LogP contribution < -0.4 is 5.32 Å². The molecule has 1 aromatic heterocycles. The average molecular weight is 279 g/mol. The zero-order valence-electron chi connectivity index (χ0n) is 12.3. The minimum atomic E-state index is -0.916. The third-order valence-electron chi connectivity index (χ3n) is 3.14. The van der Waals surface area contributed by atoms with Crippen molar-refractivity contribution in [3.8, 4) is 0 Å². The lowest BCUT2D eigenvalue weighted by Crippen LogP contribution is -2.40. The molecule has 1 aromatic rings. The fourth-order valence-corrected chi connectivity index (χ4v) is 1.65. The number of nitrogens with one attached hydrogen (secondary N) is 1.